The Labute approximate surface area is 61.0 Å². The Kier molecular flexibility index (Phi) is 1.49. The van der Waals surface area contributed by atoms with Crippen molar-refractivity contribution in [3.63, 3.8) is 0 Å². The van der Waals surface area contributed by atoms with E-state index in [2.05, 4.69) is 0 Å². The van der Waals surface area contributed by atoms with E-state index in [9.17, 15) is 4.79 Å². The van der Waals surface area contributed by atoms with Crippen LogP contribution in [0.5, 0.6) is 0 Å². The van der Waals surface area contributed by atoms with Gasteiger partial charge in [0.15, 0.2) is 0 Å². The Morgan fingerprint density at radius 1 is 1.30 bits per heavy atom. The summed E-state index contributed by atoms with van der Waals surface area (Å²) in [7, 11) is 0. The molecule has 2 aliphatic rings. The molecule has 1 saturated carbocycles. The van der Waals surface area contributed by atoms with Crippen molar-refractivity contribution in [1.82, 2.24) is 0 Å². The van der Waals surface area contributed by atoms with Crippen LogP contribution < -0.4 is 5.32 Å². The van der Waals surface area contributed by atoms with E-state index in [-0.39, 0.29) is 0 Å². The number of primary amides is 1. The van der Waals surface area contributed by atoms with Crippen molar-refractivity contribution in [2.75, 3.05) is 6.54 Å². The fourth-order valence-electron chi connectivity index (χ4n) is 2.28. The minimum absolute atomic E-state index is 0.435. The van der Waals surface area contributed by atoms with Crippen LogP contribution in [0, 0.1) is 11.8 Å². The molecule has 2 fully saturated rings. The summed E-state index contributed by atoms with van der Waals surface area (Å²) < 4.78 is 0. The molecule has 2 nitrogen and oxygen atoms in total. The van der Waals surface area contributed by atoms with Gasteiger partial charge in [-0.15, -0.1) is 0 Å². The first-order valence-electron chi connectivity index (χ1n) is 4.25. The first kappa shape index (κ1) is 6.35. The molecule has 0 bridgehead atoms. The molecule has 1 saturated heterocycles. The molecule has 56 valence electrons. The largest absolute Gasteiger partial charge is 0.314 e. The normalized spacial score (nSPS) is 39.8. The predicted octanol–water partition coefficient (Wildman–Crippen LogP) is -0.104. The number of nitrogens with two attached hydrogens (primary N) is 1. The van der Waals surface area contributed by atoms with Crippen LogP contribution in [-0.4, -0.2) is 12.5 Å². The van der Waals surface area contributed by atoms with Gasteiger partial charge in [0, 0.05) is 5.92 Å². The zero-order chi connectivity index (χ0) is 6.97. The summed E-state index contributed by atoms with van der Waals surface area (Å²) in [4.78, 5) is 11.2. The number of carbonyl (C=O) groups is 1. The SMILES string of the molecule is O=C1[NH2+]C[C@H]2CCCCC12. The van der Waals surface area contributed by atoms with Gasteiger partial charge in [-0.25, -0.2) is 4.79 Å². The third-order valence-corrected chi connectivity index (χ3v) is 2.90. The van der Waals surface area contributed by atoms with Crippen molar-refractivity contribution in [1.29, 1.82) is 0 Å². The first-order chi connectivity index (χ1) is 4.88. The van der Waals surface area contributed by atoms with E-state index in [4.69, 9.17) is 0 Å². The Hall–Kier alpha value is -0.370. The second-order valence-corrected chi connectivity index (χ2v) is 3.49. The lowest BCUT2D eigenvalue weighted by molar-refractivity contribution is -0.558. The van der Waals surface area contributed by atoms with Crippen molar-refractivity contribution in [3.05, 3.63) is 0 Å². The molecule has 0 aromatic heterocycles. The van der Waals surface area contributed by atoms with E-state index in [1.54, 1.807) is 0 Å². The number of quaternary nitrogens is 1. The van der Waals surface area contributed by atoms with E-state index in [1.807, 2.05) is 5.32 Å². The van der Waals surface area contributed by atoms with Gasteiger partial charge in [0.05, 0.1) is 12.5 Å². The molecule has 2 N–H and O–H groups in total. The summed E-state index contributed by atoms with van der Waals surface area (Å²) in [6.45, 7) is 1.07. The molecular weight excluding hydrogens is 126 g/mol. The minimum Gasteiger partial charge on any atom is -0.283 e. The van der Waals surface area contributed by atoms with Crippen molar-refractivity contribution in [2.24, 2.45) is 11.8 Å². The number of rotatable bonds is 0. The molecule has 2 atom stereocenters. The second-order valence-electron chi connectivity index (χ2n) is 3.49. The summed E-state index contributed by atoms with van der Waals surface area (Å²) in [6.07, 6.45) is 5.09. The van der Waals surface area contributed by atoms with Gasteiger partial charge in [-0.05, 0) is 12.8 Å². The molecule has 1 unspecified atom stereocenters. The molecule has 0 aromatic carbocycles. The van der Waals surface area contributed by atoms with E-state index < -0.39 is 0 Å². The highest BCUT2D eigenvalue weighted by molar-refractivity contribution is 5.70. The fourth-order valence-corrected chi connectivity index (χ4v) is 2.28. The standard InChI is InChI=1S/C8H13NO/c10-8-7-4-2-1-3-6(7)5-9-8/h6-7H,1-5H2,(H,9,10)/p+1/t6-,7?/m1/s1. The molecule has 0 radical (unpaired) electrons. The molecule has 1 aliphatic heterocycles. The van der Waals surface area contributed by atoms with Crippen molar-refractivity contribution < 1.29 is 10.1 Å². The van der Waals surface area contributed by atoms with Gasteiger partial charge in [0.2, 0.25) is 0 Å². The monoisotopic (exact) mass is 140 g/mol. The van der Waals surface area contributed by atoms with Crippen LogP contribution in [0.3, 0.4) is 0 Å². The van der Waals surface area contributed by atoms with Gasteiger partial charge in [-0.3, -0.25) is 5.32 Å². The molecule has 2 rings (SSSR count). The number of fused-ring (bicyclic) bond motifs is 1. The van der Waals surface area contributed by atoms with E-state index >= 15 is 0 Å². The zero-order valence-electron chi connectivity index (χ0n) is 6.18. The first-order valence-corrected chi connectivity index (χ1v) is 4.25. The summed E-state index contributed by atoms with van der Waals surface area (Å²) in [5, 5.41) is 1.90. The smallest absolute Gasteiger partial charge is 0.283 e. The quantitative estimate of drug-likeness (QED) is 0.500. The van der Waals surface area contributed by atoms with Crippen LogP contribution in [0.25, 0.3) is 0 Å². The van der Waals surface area contributed by atoms with E-state index in [1.165, 1.54) is 25.7 Å². The fraction of sp³-hybridized carbons (Fsp3) is 0.875. The Bertz CT molecular complexity index is 155. The van der Waals surface area contributed by atoms with Crippen molar-refractivity contribution in [2.45, 2.75) is 25.7 Å². The summed E-state index contributed by atoms with van der Waals surface area (Å²) >= 11 is 0. The second kappa shape index (κ2) is 2.35. The summed E-state index contributed by atoms with van der Waals surface area (Å²) in [6, 6.07) is 0. The lowest BCUT2D eigenvalue weighted by Gasteiger charge is -2.18. The molecule has 1 heterocycles. The lowest BCUT2D eigenvalue weighted by atomic mass is 9.81. The van der Waals surface area contributed by atoms with Crippen LogP contribution in [0.15, 0.2) is 0 Å². The molecule has 1 aliphatic carbocycles. The molecule has 0 spiro atoms. The Morgan fingerprint density at radius 3 is 2.90 bits per heavy atom. The Balaban J connectivity index is 2.08. The molecule has 10 heavy (non-hydrogen) atoms. The van der Waals surface area contributed by atoms with Crippen LogP contribution in [0.2, 0.25) is 0 Å². The number of amides is 1. The van der Waals surface area contributed by atoms with Gasteiger partial charge in [-0.1, -0.05) is 12.8 Å². The highest BCUT2D eigenvalue weighted by Crippen LogP contribution is 2.30. The van der Waals surface area contributed by atoms with Crippen LogP contribution in [0.4, 0.5) is 0 Å². The average molecular weight is 140 g/mol. The summed E-state index contributed by atoms with van der Waals surface area (Å²) in [5.74, 6) is 1.61. The maximum atomic E-state index is 11.2. The lowest BCUT2D eigenvalue weighted by Crippen LogP contribution is -2.85. The van der Waals surface area contributed by atoms with Crippen LogP contribution in [0.1, 0.15) is 25.7 Å². The maximum Gasteiger partial charge on any atom is 0.314 e. The van der Waals surface area contributed by atoms with Gasteiger partial charge in [-0.2, -0.15) is 0 Å². The van der Waals surface area contributed by atoms with E-state index in [0.29, 0.717) is 11.8 Å². The highest BCUT2D eigenvalue weighted by atomic mass is 16.2. The molecule has 0 aromatic rings. The van der Waals surface area contributed by atoms with Crippen molar-refractivity contribution in [3.8, 4) is 0 Å². The summed E-state index contributed by atoms with van der Waals surface area (Å²) in [5.41, 5.74) is 0. The van der Waals surface area contributed by atoms with Crippen LogP contribution in [-0.2, 0) is 4.79 Å². The molecule has 2 heteroatoms. The Morgan fingerprint density at radius 2 is 2.10 bits per heavy atom. The predicted molar refractivity (Wildman–Crippen MR) is 37.2 cm³/mol. The van der Waals surface area contributed by atoms with Crippen LogP contribution >= 0.6 is 0 Å². The average Bonchev–Trinajstić information content (AvgIpc) is 2.34. The topological polar surface area (TPSA) is 33.7 Å². The highest BCUT2D eigenvalue weighted by Gasteiger charge is 2.39. The van der Waals surface area contributed by atoms with Gasteiger partial charge < -0.3 is 0 Å². The number of hydrogen-bond donors (Lipinski definition) is 1. The van der Waals surface area contributed by atoms with Gasteiger partial charge in [0.1, 0.15) is 0 Å². The minimum atomic E-state index is 0.435. The van der Waals surface area contributed by atoms with E-state index in [0.717, 1.165) is 12.5 Å². The van der Waals surface area contributed by atoms with Gasteiger partial charge in [0.25, 0.3) is 0 Å². The third-order valence-electron chi connectivity index (χ3n) is 2.90. The molecule has 1 amide bonds. The third kappa shape index (κ3) is 0.870. The maximum absolute atomic E-state index is 11.2. The molecular formula is C8H14NO+. The zero-order valence-corrected chi connectivity index (χ0v) is 6.18. The van der Waals surface area contributed by atoms with Gasteiger partial charge >= 0.3 is 5.91 Å². The number of carbonyl (C=O) groups excluding carboxylic acids is 1. The van der Waals surface area contributed by atoms with Crippen molar-refractivity contribution >= 4 is 5.91 Å². The number of hydrogen-bond acceptors (Lipinski definition) is 1.